The Bertz CT molecular complexity index is 545. The van der Waals surface area contributed by atoms with Crippen molar-refractivity contribution in [2.24, 2.45) is 11.8 Å². The Balaban J connectivity index is 1.73. The van der Waals surface area contributed by atoms with Gasteiger partial charge in [0.25, 0.3) is 0 Å². The van der Waals surface area contributed by atoms with Crippen LogP contribution in [0, 0.1) is 11.8 Å². The summed E-state index contributed by atoms with van der Waals surface area (Å²) in [4.78, 5) is 22.9. The summed E-state index contributed by atoms with van der Waals surface area (Å²) < 4.78 is 10.7. The molecule has 0 saturated carbocycles. The molecule has 0 saturated heterocycles. The number of hydrogen-bond acceptors (Lipinski definition) is 4. The molecule has 2 atom stereocenters. The number of carbonyl (C=O) groups is 2. The van der Waals surface area contributed by atoms with Crippen molar-refractivity contribution in [1.82, 2.24) is 0 Å². The first kappa shape index (κ1) is 16.3. The summed E-state index contributed by atoms with van der Waals surface area (Å²) in [5, 5.41) is 0. The van der Waals surface area contributed by atoms with Crippen LogP contribution in [0.3, 0.4) is 0 Å². The molecule has 0 amide bonds. The van der Waals surface area contributed by atoms with Crippen molar-refractivity contribution in [3.05, 3.63) is 42.0 Å². The van der Waals surface area contributed by atoms with Crippen LogP contribution < -0.4 is 4.74 Å². The Morgan fingerprint density at radius 3 is 2.45 bits per heavy atom. The lowest BCUT2D eigenvalue weighted by molar-refractivity contribution is -0.147. The molecule has 118 valence electrons. The largest absolute Gasteiger partial charge is 0.482 e. The van der Waals surface area contributed by atoms with Crippen LogP contribution >= 0.6 is 0 Å². The van der Waals surface area contributed by atoms with Gasteiger partial charge in [-0.2, -0.15) is 0 Å². The molecule has 0 heterocycles. The summed E-state index contributed by atoms with van der Waals surface area (Å²) in [6.07, 6.45) is 6.32. The lowest BCUT2D eigenvalue weighted by Crippen LogP contribution is -2.24. The SMILES string of the molecule is CC(=O)c1ccc(OCC(=O)OCC2CC=CCC2C)cc1. The minimum Gasteiger partial charge on any atom is -0.482 e. The van der Waals surface area contributed by atoms with Crippen molar-refractivity contribution in [1.29, 1.82) is 0 Å². The average molecular weight is 302 g/mol. The second-order valence-corrected chi connectivity index (χ2v) is 5.73. The van der Waals surface area contributed by atoms with Gasteiger partial charge in [0, 0.05) is 5.56 Å². The van der Waals surface area contributed by atoms with Gasteiger partial charge < -0.3 is 9.47 Å². The van der Waals surface area contributed by atoms with Gasteiger partial charge in [-0.1, -0.05) is 19.1 Å². The zero-order chi connectivity index (χ0) is 15.9. The third-order valence-corrected chi connectivity index (χ3v) is 3.99. The maximum absolute atomic E-state index is 11.7. The van der Waals surface area contributed by atoms with E-state index in [9.17, 15) is 9.59 Å². The van der Waals surface area contributed by atoms with E-state index < -0.39 is 0 Å². The zero-order valence-corrected chi connectivity index (χ0v) is 13.1. The van der Waals surface area contributed by atoms with Crippen LogP contribution in [0.4, 0.5) is 0 Å². The molecule has 1 aliphatic carbocycles. The fraction of sp³-hybridized carbons (Fsp3) is 0.444. The maximum Gasteiger partial charge on any atom is 0.344 e. The van der Waals surface area contributed by atoms with Crippen LogP contribution in [0.1, 0.15) is 37.0 Å². The van der Waals surface area contributed by atoms with E-state index in [-0.39, 0.29) is 18.4 Å². The maximum atomic E-state index is 11.7. The molecule has 0 aromatic heterocycles. The van der Waals surface area contributed by atoms with E-state index in [2.05, 4.69) is 19.1 Å². The van der Waals surface area contributed by atoms with E-state index in [4.69, 9.17) is 9.47 Å². The van der Waals surface area contributed by atoms with E-state index in [0.29, 0.717) is 29.8 Å². The number of ether oxygens (including phenoxy) is 2. The molecule has 2 rings (SSSR count). The summed E-state index contributed by atoms with van der Waals surface area (Å²) in [5.41, 5.74) is 0.620. The van der Waals surface area contributed by atoms with E-state index in [0.717, 1.165) is 12.8 Å². The van der Waals surface area contributed by atoms with Gasteiger partial charge in [0.15, 0.2) is 12.4 Å². The molecule has 0 bridgehead atoms. The fourth-order valence-electron chi connectivity index (χ4n) is 2.41. The second kappa shape index (κ2) is 7.78. The molecule has 1 aromatic rings. The fourth-order valence-corrected chi connectivity index (χ4v) is 2.41. The number of allylic oxidation sites excluding steroid dienone is 2. The average Bonchev–Trinajstić information content (AvgIpc) is 2.52. The highest BCUT2D eigenvalue weighted by Gasteiger charge is 2.20. The lowest BCUT2D eigenvalue weighted by Gasteiger charge is -2.24. The highest BCUT2D eigenvalue weighted by molar-refractivity contribution is 5.94. The summed E-state index contributed by atoms with van der Waals surface area (Å²) >= 11 is 0. The van der Waals surface area contributed by atoms with Gasteiger partial charge in [0.1, 0.15) is 5.75 Å². The van der Waals surface area contributed by atoms with Crippen LogP contribution in [0.5, 0.6) is 5.75 Å². The smallest absolute Gasteiger partial charge is 0.344 e. The standard InChI is InChI=1S/C18H22O4/c1-13-5-3-4-6-16(13)11-22-18(20)12-21-17-9-7-15(8-10-17)14(2)19/h3-4,7-10,13,16H,5-6,11-12H2,1-2H3. The van der Waals surface area contributed by atoms with Crippen molar-refractivity contribution in [3.63, 3.8) is 0 Å². The van der Waals surface area contributed by atoms with Gasteiger partial charge in [-0.25, -0.2) is 4.79 Å². The minimum absolute atomic E-state index is 0.00149. The van der Waals surface area contributed by atoms with Gasteiger partial charge in [0.05, 0.1) is 6.61 Å². The summed E-state index contributed by atoms with van der Waals surface area (Å²) in [7, 11) is 0. The Hall–Kier alpha value is -2.10. The molecule has 0 N–H and O–H groups in total. The highest BCUT2D eigenvalue weighted by Crippen LogP contribution is 2.25. The number of ketones is 1. The third kappa shape index (κ3) is 4.72. The molecule has 0 spiro atoms. The summed E-state index contributed by atoms with van der Waals surface area (Å²) in [6.45, 7) is 4.01. The first-order valence-electron chi connectivity index (χ1n) is 7.60. The molecular weight excluding hydrogens is 280 g/mol. The third-order valence-electron chi connectivity index (χ3n) is 3.99. The van der Waals surface area contributed by atoms with Crippen LogP contribution in [-0.2, 0) is 9.53 Å². The Labute approximate surface area is 131 Å². The quantitative estimate of drug-likeness (QED) is 0.459. The molecule has 0 aliphatic heterocycles. The number of esters is 1. The number of rotatable bonds is 6. The summed E-state index contributed by atoms with van der Waals surface area (Å²) in [5.74, 6) is 1.12. The summed E-state index contributed by atoms with van der Waals surface area (Å²) in [6, 6.07) is 6.72. The van der Waals surface area contributed by atoms with Gasteiger partial charge in [0.2, 0.25) is 0 Å². The monoisotopic (exact) mass is 302 g/mol. The predicted molar refractivity (Wildman–Crippen MR) is 83.9 cm³/mol. The van der Waals surface area contributed by atoms with E-state index in [1.165, 1.54) is 6.92 Å². The van der Waals surface area contributed by atoms with Crippen molar-refractivity contribution >= 4 is 11.8 Å². The van der Waals surface area contributed by atoms with Gasteiger partial charge in [-0.05, 0) is 55.9 Å². The molecular formula is C18H22O4. The van der Waals surface area contributed by atoms with E-state index >= 15 is 0 Å². The lowest BCUT2D eigenvalue weighted by atomic mass is 9.85. The predicted octanol–water partition coefficient (Wildman–Crippen LogP) is 3.41. The van der Waals surface area contributed by atoms with Crippen molar-refractivity contribution < 1.29 is 19.1 Å². The Morgan fingerprint density at radius 1 is 1.14 bits per heavy atom. The molecule has 22 heavy (non-hydrogen) atoms. The number of Topliss-reactive ketones (excluding diaryl/α,β-unsaturated/α-hetero) is 1. The Morgan fingerprint density at radius 2 is 1.82 bits per heavy atom. The number of carbonyl (C=O) groups excluding carboxylic acids is 2. The zero-order valence-electron chi connectivity index (χ0n) is 13.1. The second-order valence-electron chi connectivity index (χ2n) is 5.73. The molecule has 1 aromatic carbocycles. The molecule has 1 aliphatic rings. The molecule has 4 heteroatoms. The molecule has 4 nitrogen and oxygen atoms in total. The normalized spacial score (nSPS) is 20.5. The van der Waals surface area contributed by atoms with Crippen LogP contribution in [0.15, 0.2) is 36.4 Å². The molecule has 0 radical (unpaired) electrons. The Kier molecular flexibility index (Phi) is 5.75. The van der Waals surface area contributed by atoms with Gasteiger partial charge in [-0.15, -0.1) is 0 Å². The van der Waals surface area contributed by atoms with E-state index in [1.807, 2.05) is 0 Å². The highest BCUT2D eigenvalue weighted by atomic mass is 16.6. The minimum atomic E-state index is -0.364. The van der Waals surface area contributed by atoms with Crippen molar-refractivity contribution in [2.75, 3.05) is 13.2 Å². The first-order valence-corrected chi connectivity index (χ1v) is 7.60. The number of benzene rings is 1. The van der Waals surface area contributed by atoms with Crippen molar-refractivity contribution in [3.8, 4) is 5.75 Å². The van der Waals surface area contributed by atoms with Gasteiger partial charge in [-0.3, -0.25) is 4.79 Å². The van der Waals surface area contributed by atoms with Crippen LogP contribution in [-0.4, -0.2) is 25.0 Å². The topological polar surface area (TPSA) is 52.6 Å². The molecule has 0 fully saturated rings. The van der Waals surface area contributed by atoms with Crippen LogP contribution in [0.25, 0.3) is 0 Å². The van der Waals surface area contributed by atoms with Crippen molar-refractivity contribution in [2.45, 2.75) is 26.7 Å². The molecule has 2 unspecified atom stereocenters. The number of hydrogen-bond donors (Lipinski definition) is 0. The van der Waals surface area contributed by atoms with E-state index in [1.54, 1.807) is 24.3 Å². The van der Waals surface area contributed by atoms with Gasteiger partial charge >= 0.3 is 5.97 Å². The van der Waals surface area contributed by atoms with Crippen LogP contribution in [0.2, 0.25) is 0 Å². The first-order chi connectivity index (χ1) is 10.6.